The number of carboxylic acid groups (broad SMARTS) is 3. The van der Waals surface area contributed by atoms with Crippen molar-refractivity contribution in [1.29, 1.82) is 0 Å². The van der Waals surface area contributed by atoms with Crippen LogP contribution in [0.15, 0.2) is 0 Å². The first-order valence-electron chi connectivity index (χ1n) is 16.1. The standard InChI is InChI=1S/C30H51N7O14/c1-6-14(4)23(29(49)36-20(12-39)30(50)51)37-28(48)18(9-13(2)3)34-24(44)15(5)32-27(47)19(10-22(42)43)35-26(46)17(7-8-21(40)41)33-25(45)16(31)11-38/h13-20,23,38-39H,6-12,31H2,1-5H3,(H,32,47)(H,33,45)(H,34,44)(H,35,46)(H,36,49)(H,37,48)(H,40,41)(H,42,43)(H,50,51)/t14-,15-,16-,17-,18-,19-,20-,23-/m0/s1. The van der Waals surface area contributed by atoms with E-state index in [2.05, 4.69) is 31.9 Å². The first-order valence-corrected chi connectivity index (χ1v) is 16.1. The molecule has 0 bridgehead atoms. The number of aliphatic carboxylic acids is 3. The van der Waals surface area contributed by atoms with Gasteiger partial charge in [-0.1, -0.05) is 34.1 Å². The van der Waals surface area contributed by atoms with Gasteiger partial charge in [0.1, 0.15) is 42.3 Å². The maximum atomic E-state index is 13.4. The van der Waals surface area contributed by atoms with Gasteiger partial charge >= 0.3 is 17.9 Å². The van der Waals surface area contributed by atoms with Crippen LogP contribution in [-0.4, -0.2) is 134 Å². The molecule has 0 rings (SSSR count). The Balaban J connectivity index is 5.96. The summed E-state index contributed by atoms with van der Waals surface area (Å²) in [6.45, 7) is 6.28. The molecule has 51 heavy (non-hydrogen) atoms. The van der Waals surface area contributed by atoms with E-state index in [4.69, 9.17) is 15.9 Å². The zero-order valence-corrected chi connectivity index (χ0v) is 29.1. The van der Waals surface area contributed by atoms with E-state index in [-0.39, 0.29) is 12.3 Å². The van der Waals surface area contributed by atoms with Crippen molar-refractivity contribution in [3.05, 3.63) is 0 Å². The number of nitrogens with two attached hydrogens (primary N) is 1. The summed E-state index contributed by atoms with van der Waals surface area (Å²) in [4.78, 5) is 112. The molecule has 0 spiro atoms. The summed E-state index contributed by atoms with van der Waals surface area (Å²) in [5.74, 6) is -11.1. The fraction of sp³-hybridized carbons (Fsp3) is 0.700. The molecule has 0 aromatic heterocycles. The Labute approximate surface area is 293 Å². The predicted octanol–water partition coefficient (Wildman–Crippen LogP) is -4.26. The zero-order chi connectivity index (χ0) is 39.6. The Hall–Kier alpha value is -4.89. The fourth-order valence-corrected chi connectivity index (χ4v) is 4.34. The average molecular weight is 734 g/mol. The van der Waals surface area contributed by atoms with Gasteiger partial charge in [-0.25, -0.2) is 4.79 Å². The monoisotopic (exact) mass is 733 g/mol. The van der Waals surface area contributed by atoms with E-state index in [0.717, 1.165) is 0 Å². The molecule has 0 saturated heterocycles. The Morgan fingerprint density at radius 3 is 1.57 bits per heavy atom. The Bertz CT molecular complexity index is 1260. The van der Waals surface area contributed by atoms with Crippen molar-refractivity contribution in [3.8, 4) is 0 Å². The number of carbonyl (C=O) groups excluding carboxylic acids is 6. The Morgan fingerprint density at radius 1 is 0.588 bits per heavy atom. The van der Waals surface area contributed by atoms with Gasteiger partial charge in [0.05, 0.1) is 19.6 Å². The molecule has 21 nitrogen and oxygen atoms in total. The summed E-state index contributed by atoms with van der Waals surface area (Å²) in [5, 5.41) is 59.5. The number of aliphatic hydroxyl groups excluding tert-OH is 2. The van der Waals surface area contributed by atoms with Crippen molar-refractivity contribution < 1.29 is 68.7 Å². The lowest BCUT2D eigenvalue weighted by molar-refractivity contribution is -0.144. The summed E-state index contributed by atoms with van der Waals surface area (Å²) < 4.78 is 0. The molecule has 0 aliphatic carbocycles. The molecule has 0 aromatic rings. The third-order valence-electron chi connectivity index (χ3n) is 7.51. The van der Waals surface area contributed by atoms with Crippen molar-refractivity contribution in [3.63, 3.8) is 0 Å². The van der Waals surface area contributed by atoms with Gasteiger partial charge in [0, 0.05) is 6.42 Å². The number of carbonyl (C=O) groups is 9. The van der Waals surface area contributed by atoms with E-state index >= 15 is 0 Å². The fourth-order valence-electron chi connectivity index (χ4n) is 4.34. The van der Waals surface area contributed by atoms with Crippen LogP contribution in [0.5, 0.6) is 0 Å². The van der Waals surface area contributed by atoms with E-state index < -0.39 is 134 Å². The van der Waals surface area contributed by atoms with Crippen LogP contribution >= 0.6 is 0 Å². The topological polar surface area (TPSA) is 353 Å². The lowest BCUT2D eigenvalue weighted by Crippen LogP contribution is -2.60. The lowest BCUT2D eigenvalue weighted by Gasteiger charge is -2.28. The number of nitrogens with one attached hydrogen (secondary N) is 6. The van der Waals surface area contributed by atoms with E-state index in [1.165, 1.54) is 6.92 Å². The van der Waals surface area contributed by atoms with Gasteiger partial charge in [0.2, 0.25) is 35.4 Å². The number of amides is 6. The second-order valence-corrected chi connectivity index (χ2v) is 12.3. The predicted molar refractivity (Wildman–Crippen MR) is 175 cm³/mol. The van der Waals surface area contributed by atoms with Crippen molar-refractivity contribution in [1.82, 2.24) is 31.9 Å². The maximum absolute atomic E-state index is 13.4. The highest BCUT2D eigenvalue weighted by Gasteiger charge is 2.34. The van der Waals surface area contributed by atoms with Gasteiger partial charge in [0.15, 0.2) is 0 Å². The van der Waals surface area contributed by atoms with Crippen molar-refractivity contribution in [2.24, 2.45) is 17.6 Å². The molecule has 290 valence electrons. The highest BCUT2D eigenvalue weighted by Crippen LogP contribution is 2.12. The summed E-state index contributed by atoms with van der Waals surface area (Å²) >= 11 is 0. The number of aliphatic hydroxyl groups is 2. The highest BCUT2D eigenvalue weighted by atomic mass is 16.4. The summed E-state index contributed by atoms with van der Waals surface area (Å²) in [6.07, 6.45) is -1.71. The quantitative estimate of drug-likeness (QED) is 0.0447. The molecule has 8 atom stereocenters. The maximum Gasteiger partial charge on any atom is 0.328 e. The van der Waals surface area contributed by atoms with E-state index in [0.29, 0.717) is 6.42 Å². The van der Waals surface area contributed by atoms with Crippen LogP contribution in [-0.2, 0) is 43.2 Å². The molecule has 0 aliphatic heterocycles. The molecule has 13 N–H and O–H groups in total. The second kappa shape index (κ2) is 22.8. The first kappa shape index (κ1) is 46.1. The average Bonchev–Trinajstić information content (AvgIpc) is 3.05. The minimum atomic E-state index is -1.83. The summed E-state index contributed by atoms with van der Waals surface area (Å²) in [6, 6.07) is -10.5. The molecular formula is C30H51N7O14. The van der Waals surface area contributed by atoms with E-state index in [1.54, 1.807) is 27.7 Å². The Morgan fingerprint density at radius 2 is 1.10 bits per heavy atom. The normalized spacial score (nSPS) is 15.7. The molecule has 0 saturated carbocycles. The van der Waals surface area contributed by atoms with Crippen LogP contribution in [0.25, 0.3) is 0 Å². The molecule has 0 aromatic carbocycles. The smallest absolute Gasteiger partial charge is 0.328 e. The van der Waals surface area contributed by atoms with Crippen LogP contribution < -0.4 is 37.6 Å². The molecule has 6 amide bonds. The minimum Gasteiger partial charge on any atom is -0.481 e. The first-order chi connectivity index (χ1) is 23.7. The largest absolute Gasteiger partial charge is 0.481 e. The number of hydrogen-bond acceptors (Lipinski definition) is 12. The lowest BCUT2D eigenvalue weighted by atomic mass is 9.96. The molecule has 21 heteroatoms. The van der Waals surface area contributed by atoms with Gasteiger partial charge in [0.25, 0.3) is 0 Å². The molecule has 0 radical (unpaired) electrons. The summed E-state index contributed by atoms with van der Waals surface area (Å²) in [5.41, 5.74) is 5.43. The SMILES string of the molecule is CC[C@H](C)[C@H](NC(=O)[C@H](CC(C)C)NC(=O)[C@H](C)NC(=O)[C@H](CC(=O)O)NC(=O)[C@H](CCC(=O)O)NC(=O)[C@@H](N)CO)C(=O)N[C@@H](CO)C(=O)O. The third kappa shape index (κ3) is 17.1. The van der Waals surface area contributed by atoms with Crippen LogP contribution in [0.1, 0.15) is 66.7 Å². The van der Waals surface area contributed by atoms with Gasteiger partial charge in [-0.05, 0) is 31.6 Å². The van der Waals surface area contributed by atoms with Crippen molar-refractivity contribution in [2.45, 2.75) is 109 Å². The van der Waals surface area contributed by atoms with Gasteiger partial charge < -0.3 is 63.2 Å². The van der Waals surface area contributed by atoms with Gasteiger partial charge in [-0.2, -0.15) is 0 Å². The van der Waals surface area contributed by atoms with Crippen LogP contribution in [0.4, 0.5) is 0 Å². The van der Waals surface area contributed by atoms with Crippen molar-refractivity contribution in [2.75, 3.05) is 13.2 Å². The van der Waals surface area contributed by atoms with Gasteiger partial charge in [-0.3, -0.25) is 38.4 Å². The number of hydrogen-bond donors (Lipinski definition) is 12. The number of carboxylic acids is 3. The third-order valence-corrected chi connectivity index (χ3v) is 7.51. The van der Waals surface area contributed by atoms with E-state index in [1.807, 2.05) is 0 Å². The van der Waals surface area contributed by atoms with Gasteiger partial charge in [-0.15, -0.1) is 0 Å². The molecule has 0 heterocycles. The molecule has 0 fully saturated rings. The molecule has 0 aliphatic rings. The number of rotatable bonds is 24. The molecule has 0 unspecified atom stereocenters. The summed E-state index contributed by atoms with van der Waals surface area (Å²) in [7, 11) is 0. The van der Waals surface area contributed by atoms with Crippen LogP contribution in [0, 0.1) is 11.8 Å². The van der Waals surface area contributed by atoms with Crippen LogP contribution in [0.2, 0.25) is 0 Å². The second-order valence-electron chi connectivity index (χ2n) is 12.3. The molecular weight excluding hydrogens is 682 g/mol. The van der Waals surface area contributed by atoms with Crippen molar-refractivity contribution >= 4 is 53.4 Å². The Kier molecular flexibility index (Phi) is 20.6. The van der Waals surface area contributed by atoms with Crippen LogP contribution in [0.3, 0.4) is 0 Å². The minimum absolute atomic E-state index is 0.0442. The highest BCUT2D eigenvalue weighted by molar-refractivity contribution is 5.98. The zero-order valence-electron chi connectivity index (χ0n) is 29.1. The van der Waals surface area contributed by atoms with E-state index in [9.17, 15) is 58.5 Å².